The van der Waals surface area contributed by atoms with Crippen LogP contribution in [0.15, 0.2) is 53.8 Å². The SMILES string of the molecule is COC1([C@@H](c2cccc(-n3cc4c(C(F)(F)F)cc(CN5CCC(C)[C@H](C)C5)cn4c3=O)c2)c2nncn2C)CCC1. The number of imidazole rings is 1. The molecule has 224 valence electrons. The maximum Gasteiger partial charge on any atom is 0.418 e. The normalized spacial score (nSPS) is 21.9. The number of hydrogen-bond donors (Lipinski definition) is 0. The molecule has 2 fully saturated rings. The monoisotopic (exact) mass is 582 g/mol. The van der Waals surface area contributed by atoms with Crippen molar-refractivity contribution < 1.29 is 17.9 Å². The smallest absolute Gasteiger partial charge is 0.377 e. The second-order valence-corrected chi connectivity index (χ2v) is 12.2. The van der Waals surface area contributed by atoms with E-state index in [1.54, 1.807) is 25.7 Å². The van der Waals surface area contributed by atoms with E-state index < -0.39 is 23.0 Å². The van der Waals surface area contributed by atoms with Gasteiger partial charge in [0.25, 0.3) is 0 Å². The maximum atomic E-state index is 14.3. The first-order valence-electron chi connectivity index (χ1n) is 14.6. The molecule has 6 rings (SSSR count). The van der Waals surface area contributed by atoms with Crippen LogP contribution in [0, 0.1) is 11.8 Å². The summed E-state index contributed by atoms with van der Waals surface area (Å²) < 4.78 is 53.4. The molecule has 8 nitrogen and oxygen atoms in total. The zero-order valence-corrected chi connectivity index (χ0v) is 24.4. The largest absolute Gasteiger partial charge is 0.418 e. The molecule has 4 aromatic rings. The van der Waals surface area contributed by atoms with E-state index in [0.717, 1.165) is 54.6 Å². The number of alkyl halides is 3. The fourth-order valence-corrected chi connectivity index (χ4v) is 6.73. The Labute approximate surface area is 242 Å². The van der Waals surface area contributed by atoms with Gasteiger partial charge in [0, 0.05) is 39.6 Å². The van der Waals surface area contributed by atoms with Crippen LogP contribution in [0.4, 0.5) is 13.2 Å². The van der Waals surface area contributed by atoms with Gasteiger partial charge in [0.1, 0.15) is 12.2 Å². The summed E-state index contributed by atoms with van der Waals surface area (Å²) in [5.41, 5.74) is -0.188. The van der Waals surface area contributed by atoms with Crippen LogP contribution < -0.4 is 5.69 Å². The lowest BCUT2D eigenvalue weighted by Gasteiger charge is -2.46. The number of rotatable bonds is 7. The Morgan fingerprint density at radius 3 is 2.55 bits per heavy atom. The van der Waals surface area contributed by atoms with Crippen molar-refractivity contribution in [3.05, 3.63) is 82.1 Å². The summed E-state index contributed by atoms with van der Waals surface area (Å²) in [6.45, 7) is 6.39. The van der Waals surface area contributed by atoms with Gasteiger partial charge in [0.05, 0.1) is 28.3 Å². The number of hydrogen-bond acceptors (Lipinski definition) is 5. The van der Waals surface area contributed by atoms with Crippen molar-refractivity contribution in [2.24, 2.45) is 18.9 Å². The molecule has 1 saturated heterocycles. The molecule has 0 amide bonds. The predicted octanol–water partition coefficient (Wildman–Crippen LogP) is 5.42. The first-order valence-corrected chi connectivity index (χ1v) is 14.6. The van der Waals surface area contributed by atoms with Gasteiger partial charge in [-0.1, -0.05) is 26.0 Å². The van der Waals surface area contributed by atoms with Crippen LogP contribution in [-0.2, 0) is 24.5 Å². The van der Waals surface area contributed by atoms with E-state index in [4.69, 9.17) is 4.74 Å². The van der Waals surface area contributed by atoms with Gasteiger partial charge >= 0.3 is 11.9 Å². The Morgan fingerprint density at radius 1 is 1.14 bits per heavy atom. The molecule has 3 atom stereocenters. The summed E-state index contributed by atoms with van der Waals surface area (Å²) in [4.78, 5) is 15.9. The molecule has 4 heterocycles. The highest BCUT2D eigenvalue weighted by molar-refractivity contribution is 5.58. The van der Waals surface area contributed by atoms with E-state index in [9.17, 15) is 18.0 Å². The summed E-state index contributed by atoms with van der Waals surface area (Å²) in [5, 5.41) is 8.46. The molecule has 1 aromatic carbocycles. The highest BCUT2D eigenvalue weighted by Crippen LogP contribution is 2.49. The fraction of sp³-hybridized carbons (Fsp3) is 0.516. The molecule has 0 bridgehead atoms. The topological polar surface area (TPSA) is 69.6 Å². The lowest BCUT2D eigenvalue weighted by molar-refractivity contribution is -0.136. The van der Waals surface area contributed by atoms with E-state index >= 15 is 0 Å². The van der Waals surface area contributed by atoms with Gasteiger partial charge in [-0.2, -0.15) is 13.2 Å². The molecule has 1 saturated carbocycles. The molecule has 2 aliphatic rings. The average Bonchev–Trinajstić information content (AvgIpc) is 3.50. The zero-order valence-electron chi connectivity index (χ0n) is 24.4. The van der Waals surface area contributed by atoms with Crippen molar-refractivity contribution in [2.45, 2.75) is 63.8 Å². The second-order valence-electron chi connectivity index (χ2n) is 12.2. The van der Waals surface area contributed by atoms with Crippen molar-refractivity contribution in [1.29, 1.82) is 0 Å². The van der Waals surface area contributed by atoms with E-state index in [-0.39, 0.29) is 11.4 Å². The number of halogens is 3. The van der Waals surface area contributed by atoms with Gasteiger partial charge in [0.2, 0.25) is 0 Å². The van der Waals surface area contributed by atoms with Crippen molar-refractivity contribution in [3.8, 4) is 5.69 Å². The molecular formula is C31H37F3N6O2. The summed E-state index contributed by atoms with van der Waals surface area (Å²) in [7, 11) is 3.57. The number of likely N-dealkylation sites (tertiary alicyclic amines) is 1. The maximum absolute atomic E-state index is 14.3. The van der Waals surface area contributed by atoms with Gasteiger partial charge in [-0.15, -0.1) is 10.2 Å². The number of nitrogens with zero attached hydrogens (tertiary/aromatic N) is 6. The van der Waals surface area contributed by atoms with E-state index in [1.807, 2.05) is 29.8 Å². The lowest BCUT2D eigenvalue weighted by Crippen LogP contribution is -2.46. The number of aromatic nitrogens is 5. The number of benzene rings is 1. The van der Waals surface area contributed by atoms with Gasteiger partial charge in [-0.25, -0.2) is 4.79 Å². The molecule has 1 aliphatic carbocycles. The van der Waals surface area contributed by atoms with Crippen LogP contribution in [0.5, 0.6) is 0 Å². The molecule has 1 unspecified atom stereocenters. The zero-order chi connectivity index (χ0) is 29.8. The first-order chi connectivity index (χ1) is 20.0. The Balaban J connectivity index is 1.43. The number of aryl methyl sites for hydroxylation is 1. The average molecular weight is 583 g/mol. The third-order valence-electron chi connectivity index (χ3n) is 9.57. The van der Waals surface area contributed by atoms with Crippen molar-refractivity contribution >= 4 is 5.52 Å². The van der Waals surface area contributed by atoms with Crippen LogP contribution in [0.1, 0.15) is 68.0 Å². The Bertz CT molecular complexity index is 1640. The standard InChI is InChI=1S/C31H37F3N6O2/c1-20-9-12-38(15-21(20)2)16-22-13-25(31(32,33)34)26-18-39(29(41)40(26)17-22)24-8-5-7-23(14-24)27(28-36-35-19-37(28)3)30(42-4)10-6-11-30/h5,7-8,13-14,17-21,27H,6,9-12,15-16H2,1-4H3/t20?,21-,27+/m1/s1. The van der Waals surface area contributed by atoms with Gasteiger partial charge in [-0.05, 0) is 73.4 Å². The number of ether oxygens (including phenoxy) is 1. The Hall–Kier alpha value is -3.44. The van der Waals surface area contributed by atoms with Gasteiger partial charge < -0.3 is 9.30 Å². The summed E-state index contributed by atoms with van der Waals surface area (Å²) in [6, 6.07) is 8.55. The molecule has 0 radical (unpaired) electrons. The number of methoxy groups -OCH3 is 1. The quantitative estimate of drug-likeness (QED) is 0.291. The van der Waals surface area contributed by atoms with Crippen LogP contribution >= 0.6 is 0 Å². The minimum Gasteiger partial charge on any atom is -0.377 e. The van der Waals surface area contributed by atoms with Crippen LogP contribution in [-0.4, -0.2) is 54.4 Å². The van der Waals surface area contributed by atoms with E-state index in [2.05, 4.69) is 28.9 Å². The van der Waals surface area contributed by atoms with Crippen LogP contribution in [0.3, 0.4) is 0 Å². The van der Waals surface area contributed by atoms with Gasteiger partial charge in [0.15, 0.2) is 0 Å². The predicted molar refractivity (Wildman–Crippen MR) is 153 cm³/mol. The Kier molecular flexibility index (Phi) is 7.29. The molecule has 3 aromatic heterocycles. The van der Waals surface area contributed by atoms with E-state index in [1.165, 1.54) is 16.8 Å². The van der Waals surface area contributed by atoms with Crippen LogP contribution in [0.2, 0.25) is 0 Å². The number of fused-ring (bicyclic) bond motifs is 1. The summed E-state index contributed by atoms with van der Waals surface area (Å²) in [5.74, 6) is 1.51. The third-order valence-corrected chi connectivity index (χ3v) is 9.57. The van der Waals surface area contributed by atoms with Crippen molar-refractivity contribution in [3.63, 3.8) is 0 Å². The van der Waals surface area contributed by atoms with Crippen LogP contribution in [0.25, 0.3) is 11.2 Å². The number of pyridine rings is 1. The highest BCUT2D eigenvalue weighted by atomic mass is 19.4. The molecular weight excluding hydrogens is 545 g/mol. The lowest BCUT2D eigenvalue weighted by atomic mass is 9.68. The molecule has 1 aliphatic heterocycles. The number of piperidine rings is 1. The fourth-order valence-electron chi connectivity index (χ4n) is 6.73. The molecule has 42 heavy (non-hydrogen) atoms. The summed E-state index contributed by atoms with van der Waals surface area (Å²) >= 11 is 0. The first kappa shape index (κ1) is 28.7. The molecule has 0 spiro atoms. The highest BCUT2D eigenvalue weighted by Gasteiger charge is 2.48. The minimum absolute atomic E-state index is 0.167. The van der Waals surface area contributed by atoms with E-state index in [0.29, 0.717) is 29.6 Å². The van der Waals surface area contributed by atoms with Crippen molar-refractivity contribution in [1.82, 2.24) is 28.6 Å². The third kappa shape index (κ3) is 4.96. The van der Waals surface area contributed by atoms with Crippen molar-refractivity contribution in [2.75, 3.05) is 20.2 Å². The molecule has 11 heteroatoms. The minimum atomic E-state index is -4.61. The second kappa shape index (κ2) is 10.7. The molecule has 0 N–H and O–H groups in total. The van der Waals surface area contributed by atoms with Gasteiger partial charge in [-0.3, -0.25) is 13.9 Å². The summed E-state index contributed by atoms with van der Waals surface area (Å²) in [6.07, 6.45) is 3.59. The Morgan fingerprint density at radius 2 is 1.93 bits per heavy atom.